The summed E-state index contributed by atoms with van der Waals surface area (Å²) in [5, 5.41) is 12.4. The van der Waals surface area contributed by atoms with Crippen molar-refractivity contribution in [2.45, 2.75) is 19.4 Å². The highest BCUT2D eigenvalue weighted by Gasteiger charge is 2.24. The average Bonchev–Trinajstić information content (AvgIpc) is 3.11. The zero-order valence-electron chi connectivity index (χ0n) is 14.7. The molecule has 1 fully saturated rings. The van der Waals surface area contributed by atoms with E-state index in [4.69, 9.17) is 5.26 Å². The van der Waals surface area contributed by atoms with Gasteiger partial charge in [0, 0.05) is 26.7 Å². The predicted octanol–water partition coefficient (Wildman–Crippen LogP) is 3.20. The number of rotatable bonds is 4. The zero-order valence-corrected chi connectivity index (χ0v) is 14.7. The van der Waals surface area contributed by atoms with Gasteiger partial charge in [-0.15, -0.1) is 0 Å². The molecule has 1 heterocycles. The van der Waals surface area contributed by atoms with E-state index < -0.39 is 0 Å². The van der Waals surface area contributed by atoms with Crippen LogP contribution < -0.4 is 5.32 Å². The highest BCUT2D eigenvalue weighted by Crippen LogP contribution is 2.21. The Labute approximate surface area is 149 Å². The number of hydrogen-bond donors (Lipinski definition) is 1. The fraction of sp³-hybridized carbons (Fsp3) is 0.333. The van der Waals surface area contributed by atoms with Gasteiger partial charge in [-0.2, -0.15) is 5.26 Å². The quantitative estimate of drug-likeness (QED) is 0.691. The Kier molecular flexibility index (Phi) is 5.69. The molecule has 128 valence electrons. The third-order valence-corrected chi connectivity index (χ3v) is 4.67. The Morgan fingerprint density at radius 2 is 2.00 bits per heavy atom. The molecule has 1 aliphatic rings. The van der Waals surface area contributed by atoms with E-state index >= 15 is 0 Å². The molecule has 1 aliphatic heterocycles. The minimum absolute atomic E-state index is 0.669. The fourth-order valence-electron chi connectivity index (χ4n) is 3.40. The Morgan fingerprint density at radius 1 is 1.20 bits per heavy atom. The van der Waals surface area contributed by atoms with Crippen LogP contribution in [-0.2, 0) is 13.0 Å². The summed E-state index contributed by atoms with van der Waals surface area (Å²) in [5.74, 6) is 1.61. The van der Waals surface area contributed by atoms with Crippen LogP contribution in [0.25, 0.3) is 0 Å². The molecule has 4 heteroatoms. The smallest absolute Gasteiger partial charge is 0.193 e. The van der Waals surface area contributed by atoms with Crippen LogP contribution in [0.3, 0.4) is 0 Å². The van der Waals surface area contributed by atoms with E-state index in [0.29, 0.717) is 18.0 Å². The lowest BCUT2D eigenvalue weighted by molar-refractivity contribution is 0.460. The van der Waals surface area contributed by atoms with Crippen LogP contribution in [-0.4, -0.2) is 31.0 Å². The molecule has 0 aromatic heterocycles. The van der Waals surface area contributed by atoms with Gasteiger partial charge in [0.05, 0.1) is 11.6 Å². The van der Waals surface area contributed by atoms with Crippen LogP contribution in [0.15, 0.2) is 59.6 Å². The van der Waals surface area contributed by atoms with Crippen molar-refractivity contribution in [2.24, 2.45) is 10.9 Å². The van der Waals surface area contributed by atoms with Crippen molar-refractivity contribution in [2.75, 3.05) is 20.1 Å². The first-order chi connectivity index (χ1) is 12.3. The fourth-order valence-corrected chi connectivity index (χ4v) is 3.40. The number of aliphatic imine (C=N–C) groups is 1. The lowest BCUT2D eigenvalue weighted by atomic mass is 9.99. The standard InChI is InChI=1S/C21H24N4/c1-23-21(24-15-19-9-5-8-18(13-19)14-22)25-11-10-20(16-25)12-17-6-3-2-4-7-17/h2-9,13,20H,10-12,15-16H2,1H3,(H,23,24). The van der Waals surface area contributed by atoms with Crippen LogP contribution in [0.1, 0.15) is 23.1 Å². The molecule has 0 spiro atoms. The van der Waals surface area contributed by atoms with Crippen LogP contribution in [0.4, 0.5) is 0 Å². The lowest BCUT2D eigenvalue weighted by Crippen LogP contribution is -2.39. The molecule has 1 atom stereocenters. The van der Waals surface area contributed by atoms with Crippen molar-refractivity contribution >= 4 is 5.96 Å². The van der Waals surface area contributed by atoms with E-state index in [1.807, 2.05) is 31.3 Å². The van der Waals surface area contributed by atoms with Crippen molar-refractivity contribution in [1.82, 2.24) is 10.2 Å². The third kappa shape index (κ3) is 4.60. The molecule has 4 nitrogen and oxygen atoms in total. The zero-order chi connectivity index (χ0) is 17.5. The monoisotopic (exact) mass is 332 g/mol. The van der Waals surface area contributed by atoms with Crippen LogP contribution >= 0.6 is 0 Å². The maximum Gasteiger partial charge on any atom is 0.193 e. The SMILES string of the molecule is CN=C(NCc1cccc(C#N)c1)N1CCC(Cc2ccccc2)C1. The molecule has 25 heavy (non-hydrogen) atoms. The predicted molar refractivity (Wildman–Crippen MR) is 101 cm³/mol. The van der Waals surface area contributed by atoms with E-state index in [1.54, 1.807) is 0 Å². The van der Waals surface area contributed by atoms with Crippen molar-refractivity contribution in [3.05, 3.63) is 71.3 Å². The van der Waals surface area contributed by atoms with E-state index in [9.17, 15) is 0 Å². The van der Waals surface area contributed by atoms with Crippen LogP contribution in [0.2, 0.25) is 0 Å². The summed E-state index contributed by atoms with van der Waals surface area (Å²) in [4.78, 5) is 6.77. The maximum atomic E-state index is 9.01. The molecule has 1 N–H and O–H groups in total. The second-order valence-electron chi connectivity index (χ2n) is 6.50. The molecule has 0 amide bonds. The highest BCUT2D eigenvalue weighted by atomic mass is 15.3. The molecule has 2 aromatic rings. The third-order valence-electron chi connectivity index (χ3n) is 4.67. The molecule has 2 aromatic carbocycles. The van der Waals surface area contributed by atoms with Gasteiger partial charge in [0.15, 0.2) is 5.96 Å². The number of nitrogens with zero attached hydrogens (tertiary/aromatic N) is 3. The molecule has 1 saturated heterocycles. The molecule has 0 radical (unpaired) electrons. The van der Waals surface area contributed by atoms with Crippen LogP contribution in [0, 0.1) is 17.2 Å². The highest BCUT2D eigenvalue weighted by molar-refractivity contribution is 5.80. The van der Waals surface area contributed by atoms with Crippen LogP contribution in [0.5, 0.6) is 0 Å². The van der Waals surface area contributed by atoms with Crippen molar-refractivity contribution in [1.29, 1.82) is 5.26 Å². The van der Waals surface area contributed by atoms with Gasteiger partial charge >= 0.3 is 0 Å². The summed E-state index contributed by atoms with van der Waals surface area (Å²) in [6.45, 7) is 2.75. The number of hydrogen-bond acceptors (Lipinski definition) is 2. The topological polar surface area (TPSA) is 51.4 Å². The van der Waals surface area contributed by atoms with Gasteiger partial charge in [-0.3, -0.25) is 4.99 Å². The summed E-state index contributed by atoms with van der Waals surface area (Å²) in [6, 6.07) is 20.6. The Balaban J connectivity index is 1.54. The summed E-state index contributed by atoms with van der Waals surface area (Å²) in [7, 11) is 1.83. The van der Waals surface area contributed by atoms with E-state index in [-0.39, 0.29) is 0 Å². The minimum atomic E-state index is 0.669. The van der Waals surface area contributed by atoms with Crippen molar-refractivity contribution < 1.29 is 0 Å². The number of nitrogens with one attached hydrogen (secondary N) is 1. The van der Waals surface area contributed by atoms with E-state index in [0.717, 1.165) is 31.0 Å². The first-order valence-corrected chi connectivity index (χ1v) is 8.77. The molecular weight excluding hydrogens is 308 g/mol. The second-order valence-corrected chi connectivity index (χ2v) is 6.50. The minimum Gasteiger partial charge on any atom is -0.352 e. The Morgan fingerprint density at radius 3 is 2.76 bits per heavy atom. The van der Waals surface area contributed by atoms with E-state index in [2.05, 4.69) is 51.6 Å². The summed E-state index contributed by atoms with van der Waals surface area (Å²) < 4.78 is 0. The van der Waals surface area contributed by atoms with Gasteiger partial charge in [-0.05, 0) is 42.0 Å². The second kappa shape index (κ2) is 8.34. The normalized spacial score (nSPS) is 17.4. The first kappa shape index (κ1) is 17.0. The number of guanidine groups is 1. The molecule has 3 rings (SSSR count). The molecule has 1 unspecified atom stereocenters. The van der Waals surface area contributed by atoms with E-state index in [1.165, 1.54) is 12.0 Å². The Bertz CT molecular complexity index is 761. The summed E-state index contributed by atoms with van der Waals surface area (Å²) in [6.07, 6.45) is 2.32. The summed E-state index contributed by atoms with van der Waals surface area (Å²) >= 11 is 0. The average molecular weight is 332 g/mol. The molecule has 0 aliphatic carbocycles. The maximum absolute atomic E-state index is 9.01. The molecule has 0 saturated carbocycles. The van der Waals surface area contributed by atoms with Gasteiger partial charge in [0.1, 0.15) is 0 Å². The number of benzene rings is 2. The summed E-state index contributed by atoms with van der Waals surface area (Å²) in [5.41, 5.74) is 3.20. The van der Waals surface area contributed by atoms with Crippen molar-refractivity contribution in [3.63, 3.8) is 0 Å². The van der Waals surface area contributed by atoms with Gasteiger partial charge in [0.2, 0.25) is 0 Å². The van der Waals surface area contributed by atoms with Gasteiger partial charge in [-0.25, -0.2) is 0 Å². The molecular formula is C21H24N4. The van der Waals surface area contributed by atoms with Gasteiger partial charge in [-0.1, -0.05) is 42.5 Å². The first-order valence-electron chi connectivity index (χ1n) is 8.77. The Hall–Kier alpha value is -2.80. The molecule has 0 bridgehead atoms. The largest absolute Gasteiger partial charge is 0.352 e. The lowest BCUT2D eigenvalue weighted by Gasteiger charge is -2.22. The number of likely N-dealkylation sites (tertiary alicyclic amines) is 1. The number of nitriles is 1. The van der Waals surface area contributed by atoms with Gasteiger partial charge < -0.3 is 10.2 Å². The van der Waals surface area contributed by atoms with Crippen molar-refractivity contribution in [3.8, 4) is 6.07 Å². The van der Waals surface area contributed by atoms with Gasteiger partial charge in [0.25, 0.3) is 0 Å².